The number of hydrogen-bond donors (Lipinski definition) is 2. The summed E-state index contributed by atoms with van der Waals surface area (Å²) in [6, 6.07) is 2.21. The van der Waals surface area contributed by atoms with Gasteiger partial charge in [0.2, 0.25) is 0 Å². The summed E-state index contributed by atoms with van der Waals surface area (Å²) in [6.45, 7) is 0. The van der Waals surface area contributed by atoms with Crippen molar-refractivity contribution >= 4 is 5.97 Å². The Morgan fingerprint density at radius 3 is 2.58 bits per heavy atom. The maximum atomic E-state index is 12.0. The molecule has 0 radical (unpaired) electrons. The van der Waals surface area contributed by atoms with Gasteiger partial charge in [0.05, 0.1) is 7.11 Å². The van der Waals surface area contributed by atoms with Gasteiger partial charge in [-0.15, -0.1) is 13.2 Å². The number of carboxylic acids is 1. The van der Waals surface area contributed by atoms with E-state index in [1.54, 1.807) is 0 Å². The number of halogens is 3. The van der Waals surface area contributed by atoms with Crippen LogP contribution in [-0.2, 0) is 11.2 Å². The van der Waals surface area contributed by atoms with Crippen LogP contribution in [0.3, 0.4) is 0 Å². The molecular weight excluding hydrogens is 267 g/mol. The van der Waals surface area contributed by atoms with Crippen LogP contribution in [0.5, 0.6) is 11.5 Å². The monoisotopic (exact) mass is 279 g/mol. The highest BCUT2D eigenvalue weighted by Crippen LogP contribution is 2.29. The van der Waals surface area contributed by atoms with Crippen LogP contribution < -0.4 is 15.2 Å². The fourth-order valence-corrected chi connectivity index (χ4v) is 1.41. The third-order valence-electron chi connectivity index (χ3n) is 2.25. The summed E-state index contributed by atoms with van der Waals surface area (Å²) in [6.07, 6.45) is -4.87. The fraction of sp³-hybridized carbons (Fsp3) is 0.364. The number of rotatable bonds is 5. The zero-order valence-electron chi connectivity index (χ0n) is 9.90. The summed E-state index contributed by atoms with van der Waals surface area (Å²) in [5.41, 5.74) is 5.73. The Kier molecular flexibility index (Phi) is 4.60. The summed E-state index contributed by atoms with van der Waals surface area (Å²) in [5, 5.41) is 8.68. The van der Waals surface area contributed by atoms with E-state index in [0.29, 0.717) is 5.56 Å². The lowest BCUT2D eigenvalue weighted by molar-refractivity contribution is -0.274. The largest absolute Gasteiger partial charge is 0.573 e. The first-order chi connectivity index (χ1) is 8.73. The smallest absolute Gasteiger partial charge is 0.496 e. The second-order valence-electron chi connectivity index (χ2n) is 3.67. The third-order valence-corrected chi connectivity index (χ3v) is 2.25. The minimum atomic E-state index is -4.80. The van der Waals surface area contributed by atoms with Crippen molar-refractivity contribution in [3.63, 3.8) is 0 Å². The molecule has 1 rings (SSSR count). The molecule has 3 N–H and O–H groups in total. The molecular formula is C11H12F3NO4. The van der Waals surface area contributed by atoms with Gasteiger partial charge >= 0.3 is 12.3 Å². The van der Waals surface area contributed by atoms with Crippen molar-refractivity contribution in [1.29, 1.82) is 0 Å². The molecule has 0 fully saturated rings. The number of benzene rings is 1. The van der Waals surface area contributed by atoms with Crippen LogP contribution in [0.4, 0.5) is 13.2 Å². The van der Waals surface area contributed by atoms with Crippen LogP contribution in [0.1, 0.15) is 5.56 Å². The molecule has 1 aromatic carbocycles. The molecule has 0 spiro atoms. The van der Waals surface area contributed by atoms with Crippen LogP contribution in [0, 0.1) is 0 Å². The van der Waals surface area contributed by atoms with Gasteiger partial charge in [-0.1, -0.05) is 6.07 Å². The van der Waals surface area contributed by atoms with Crippen molar-refractivity contribution in [2.24, 2.45) is 5.73 Å². The van der Waals surface area contributed by atoms with Crippen LogP contribution >= 0.6 is 0 Å². The SMILES string of the molecule is COc1cc(OC(F)(F)F)ccc1C[C@H](N)C(=O)O. The number of ether oxygens (including phenoxy) is 2. The van der Waals surface area contributed by atoms with Gasteiger partial charge in [0, 0.05) is 12.5 Å². The lowest BCUT2D eigenvalue weighted by Gasteiger charge is -2.14. The maximum Gasteiger partial charge on any atom is 0.573 e. The van der Waals surface area contributed by atoms with E-state index in [0.717, 1.165) is 12.1 Å². The summed E-state index contributed by atoms with van der Waals surface area (Å²) < 4.78 is 44.7. The summed E-state index contributed by atoms with van der Waals surface area (Å²) in [4.78, 5) is 10.6. The first kappa shape index (κ1) is 15.1. The van der Waals surface area contributed by atoms with Crippen molar-refractivity contribution < 1.29 is 32.5 Å². The van der Waals surface area contributed by atoms with E-state index in [9.17, 15) is 18.0 Å². The molecule has 5 nitrogen and oxygen atoms in total. The number of carboxylic acid groups (broad SMARTS) is 1. The molecule has 0 aliphatic heterocycles. The number of aliphatic carboxylic acids is 1. The topological polar surface area (TPSA) is 81.8 Å². The molecule has 8 heteroatoms. The molecule has 0 heterocycles. The van der Waals surface area contributed by atoms with E-state index in [-0.39, 0.29) is 12.2 Å². The Morgan fingerprint density at radius 2 is 2.11 bits per heavy atom. The molecule has 106 valence electrons. The van der Waals surface area contributed by atoms with Crippen molar-refractivity contribution in [3.8, 4) is 11.5 Å². The number of nitrogens with two attached hydrogens (primary N) is 1. The summed E-state index contributed by atoms with van der Waals surface area (Å²) >= 11 is 0. The van der Waals surface area contributed by atoms with E-state index in [4.69, 9.17) is 15.6 Å². The molecule has 19 heavy (non-hydrogen) atoms. The first-order valence-electron chi connectivity index (χ1n) is 5.14. The second-order valence-corrected chi connectivity index (χ2v) is 3.67. The van der Waals surface area contributed by atoms with Gasteiger partial charge in [-0.05, 0) is 11.6 Å². The van der Waals surface area contributed by atoms with Crippen LogP contribution in [0.25, 0.3) is 0 Å². The standard InChI is InChI=1S/C11H12F3NO4/c1-18-9-5-7(19-11(12,13)14)3-2-6(9)4-8(15)10(16)17/h2-3,5,8H,4,15H2,1H3,(H,16,17)/t8-/m0/s1. The van der Waals surface area contributed by atoms with Crippen molar-refractivity contribution in [2.75, 3.05) is 7.11 Å². The Morgan fingerprint density at radius 1 is 1.47 bits per heavy atom. The molecule has 1 atom stereocenters. The van der Waals surface area contributed by atoms with E-state index in [1.807, 2.05) is 0 Å². The zero-order valence-corrected chi connectivity index (χ0v) is 9.90. The van der Waals surface area contributed by atoms with Gasteiger partial charge in [0.1, 0.15) is 17.5 Å². The minimum absolute atomic E-state index is 0.0647. The zero-order chi connectivity index (χ0) is 14.6. The van der Waals surface area contributed by atoms with Gasteiger partial charge in [-0.2, -0.15) is 0 Å². The predicted molar refractivity (Wildman–Crippen MR) is 59.0 cm³/mol. The number of hydrogen-bond acceptors (Lipinski definition) is 4. The normalized spacial score (nSPS) is 12.9. The van der Waals surface area contributed by atoms with Crippen molar-refractivity contribution in [1.82, 2.24) is 0 Å². The van der Waals surface area contributed by atoms with Gasteiger partial charge < -0.3 is 20.3 Å². The van der Waals surface area contributed by atoms with Gasteiger partial charge in [-0.3, -0.25) is 4.79 Å². The van der Waals surface area contributed by atoms with Gasteiger partial charge in [0.15, 0.2) is 0 Å². The van der Waals surface area contributed by atoms with Crippen LogP contribution in [0.15, 0.2) is 18.2 Å². The van der Waals surface area contributed by atoms with Crippen molar-refractivity contribution in [3.05, 3.63) is 23.8 Å². The Balaban J connectivity index is 2.93. The number of carbonyl (C=O) groups is 1. The van der Waals surface area contributed by atoms with Gasteiger partial charge in [0.25, 0.3) is 0 Å². The Labute approximate surface area is 106 Å². The molecule has 0 aliphatic carbocycles. The Hall–Kier alpha value is -1.96. The molecule has 0 saturated carbocycles. The number of alkyl halides is 3. The molecule has 0 saturated heterocycles. The van der Waals surface area contributed by atoms with E-state index < -0.39 is 24.1 Å². The molecule has 0 amide bonds. The van der Waals surface area contributed by atoms with Crippen LogP contribution in [0.2, 0.25) is 0 Å². The first-order valence-corrected chi connectivity index (χ1v) is 5.14. The van der Waals surface area contributed by atoms with E-state index >= 15 is 0 Å². The third kappa shape index (κ3) is 4.66. The Bertz CT molecular complexity index is 462. The maximum absolute atomic E-state index is 12.0. The molecule has 1 aromatic rings. The van der Waals surface area contributed by atoms with Gasteiger partial charge in [-0.25, -0.2) is 0 Å². The quantitative estimate of drug-likeness (QED) is 0.854. The highest BCUT2D eigenvalue weighted by atomic mass is 19.4. The lowest BCUT2D eigenvalue weighted by atomic mass is 10.1. The summed E-state index contributed by atoms with van der Waals surface area (Å²) in [5.74, 6) is -1.58. The molecule has 0 aliphatic rings. The van der Waals surface area contributed by atoms with E-state index in [2.05, 4.69) is 4.74 Å². The highest BCUT2D eigenvalue weighted by Gasteiger charge is 2.31. The summed E-state index contributed by atoms with van der Waals surface area (Å²) in [7, 11) is 1.25. The lowest BCUT2D eigenvalue weighted by Crippen LogP contribution is -2.32. The predicted octanol–water partition coefficient (Wildman–Crippen LogP) is 1.55. The van der Waals surface area contributed by atoms with Crippen molar-refractivity contribution in [2.45, 2.75) is 18.8 Å². The fourth-order valence-electron chi connectivity index (χ4n) is 1.41. The molecule has 0 unspecified atom stereocenters. The molecule has 0 bridgehead atoms. The minimum Gasteiger partial charge on any atom is -0.496 e. The molecule has 0 aromatic heterocycles. The number of methoxy groups -OCH3 is 1. The van der Waals surface area contributed by atoms with Crippen LogP contribution in [-0.4, -0.2) is 30.6 Å². The highest BCUT2D eigenvalue weighted by molar-refractivity contribution is 5.73. The average molecular weight is 279 g/mol. The average Bonchev–Trinajstić information content (AvgIpc) is 2.28. The van der Waals surface area contributed by atoms with E-state index in [1.165, 1.54) is 13.2 Å². The second kappa shape index (κ2) is 5.79.